The fourth-order valence-corrected chi connectivity index (χ4v) is 3.30. The zero-order valence-corrected chi connectivity index (χ0v) is 16.7. The molecule has 1 atom stereocenters. The van der Waals surface area contributed by atoms with Crippen molar-refractivity contribution in [3.8, 4) is 5.75 Å². The van der Waals surface area contributed by atoms with Crippen molar-refractivity contribution in [2.75, 3.05) is 32.9 Å². The summed E-state index contributed by atoms with van der Waals surface area (Å²) in [7, 11) is 0. The van der Waals surface area contributed by atoms with Gasteiger partial charge >= 0.3 is 5.69 Å². The van der Waals surface area contributed by atoms with E-state index in [-0.39, 0.29) is 24.1 Å². The van der Waals surface area contributed by atoms with Gasteiger partial charge in [0.15, 0.2) is 12.4 Å². The number of para-hydroxylation sites is 2. The molecule has 2 aromatic rings. The summed E-state index contributed by atoms with van der Waals surface area (Å²) >= 11 is 0. The molecule has 0 radical (unpaired) electrons. The van der Waals surface area contributed by atoms with Gasteiger partial charge in [-0.2, -0.15) is 5.10 Å². The Morgan fingerprint density at radius 2 is 1.87 bits per heavy atom. The first kappa shape index (κ1) is 21.4. The van der Waals surface area contributed by atoms with Crippen molar-refractivity contribution in [1.29, 1.82) is 0 Å². The fraction of sp³-hybridized carbons (Fsp3) is 0.333. The number of amides is 1. The molecule has 3 rings (SSSR count). The van der Waals surface area contributed by atoms with Gasteiger partial charge < -0.3 is 9.47 Å². The number of nitro groups is 1. The lowest BCUT2D eigenvalue weighted by molar-refractivity contribution is -0.385. The van der Waals surface area contributed by atoms with Crippen LogP contribution in [0.2, 0.25) is 0 Å². The number of hydrogen-bond donors (Lipinski definition) is 1. The summed E-state index contributed by atoms with van der Waals surface area (Å²) in [5.74, 6) is -0.463. The van der Waals surface area contributed by atoms with Crippen molar-refractivity contribution in [2.24, 2.45) is 5.10 Å². The molecule has 30 heavy (non-hydrogen) atoms. The van der Waals surface area contributed by atoms with Gasteiger partial charge in [0.2, 0.25) is 0 Å². The Balaban J connectivity index is 1.65. The highest BCUT2D eigenvalue weighted by Crippen LogP contribution is 2.26. The molecule has 0 bridgehead atoms. The molecular weight excluding hydrogens is 388 g/mol. The van der Waals surface area contributed by atoms with Crippen LogP contribution in [0.1, 0.15) is 18.5 Å². The summed E-state index contributed by atoms with van der Waals surface area (Å²) in [6.45, 7) is 4.30. The van der Waals surface area contributed by atoms with E-state index >= 15 is 0 Å². The van der Waals surface area contributed by atoms with Crippen molar-refractivity contribution < 1.29 is 19.2 Å². The molecule has 1 fully saturated rings. The number of ether oxygens (including phenoxy) is 2. The first-order valence-electron chi connectivity index (χ1n) is 9.62. The molecule has 1 saturated heterocycles. The Morgan fingerprint density at radius 1 is 1.20 bits per heavy atom. The Bertz CT molecular complexity index is 897. The number of morpholine rings is 1. The van der Waals surface area contributed by atoms with E-state index in [1.807, 2.05) is 37.3 Å². The third kappa shape index (κ3) is 5.62. The van der Waals surface area contributed by atoms with Gasteiger partial charge in [0.25, 0.3) is 5.91 Å². The third-order valence-electron chi connectivity index (χ3n) is 4.70. The molecule has 1 N–H and O–H groups in total. The largest absolute Gasteiger partial charge is 0.477 e. The normalized spacial score (nSPS) is 16.0. The van der Waals surface area contributed by atoms with Gasteiger partial charge in [-0.1, -0.05) is 42.5 Å². The minimum atomic E-state index is -0.553. The predicted molar refractivity (Wildman–Crippen MR) is 111 cm³/mol. The molecule has 158 valence electrons. The molecule has 2 aromatic carbocycles. The molecule has 9 heteroatoms. The number of benzene rings is 2. The van der Waals surface area contributed by atoms with Crippen LogP contribution < -0.4 is 10.2 Å². The van der Waals surface area contributed by atoms with Gasteiger partial charge in [-0.15, -0.1) is 0 Å². The molecule has 1 heterocycles. The molecule has 1 aliphatic rings. The number of carbonyl (C=O) groups excluding carboxylic acids is 1. The minimum Gasteiger partial charge on any atom is -0.477 e. The van der Waals surface area contributed by atoms with E-state index in [0.29, 0.717) is 13.2 Å². The summed E-state index contributed by atoms with van der Waals surface area (Å²) in [6.07, 6.45) is 0. The van der Waals surface area contributed by atoms with Crippen molar-refractivity contribution in [1.82, 2.24) is 10.3 Å². The van der Waals surface area contributed by atoms with Crippen molar-refractivity contribution in [3.05, 3.63) is 70.3 Å². The maximum absolute atomic E-state index is 12.2. The predicted octanol–water partition coefficient (Wildman–Crippen LogP) is 2.54. The molecule has 0 aromatic heterocycles. The van der Waals surface area contributed by atoms with E-state index in [9.17, 15) is 14.9 Å². The Morgan fingerprint density at radius 3 is 2.57 bits per heavy atom. The SMILES string of the molecule is C/C(=N/NC(=O)COc1ccccc1[N+](=O)[O-])[C@H](c1ccccc1)N1CCOCC1. The van der Waals surface area contributed by atoms with Gasteiger partial charge in [-0.3, -0.25) is 19.8 Å². The number of hydrogen-bond acceptors (Lipinski definition) is 7. The quantitative estimate of drug-likeness (QED) is 0.406. The molecule has 9 nitrogen and oxygen atoms in total. The summed E-state index contributed by atoms with van der Waals surface area (Å²) < 4.78 is 10.8. The van der Waals surface area contributed by atoms with E-state index in [2.05, 4.69) is 15.4 Å². The van der Waals surface area contributed by atoms with Crippen molar-refractivity contribution >= 4 is 17.3 Å². The smallest absolute Gasteiger partial charge is 0.310 e. The van der Waals surface area contributed by atoms with Crippen molar-refractivity contribution in [3.63, 3.8) is 0 Å². The second kappa shape index (κ2) is 10.5. The topological polar surface area (TPSA) is 106 Å². The van der Waals surface area contributed by atoms with Gasteiger partial charge in [0.1, 0.15) is 0 Å². The maximum Gasteiger partial charge on any atom is 0.310 e. The monoisotopic (exact) mass is 412 g/mol. The van der Waals surface area contributed by atoms with Gasteiger partial charge in [-0.05, 0) is 18.6 Å². The molecular formula is C21H24N4O5. The molecule has 0 unspecified atom stereocenters. The van der Waals surface area contributed by atoms with Crippen LogP contribution in [-0.4, -0.2) is 54.4 Å². The van der Waals surface area contributed by atoms with E-state index < -0.39 is 10.8 Å². The highest BCUT2D eigenvalue weighted by atomic mass is 16.6. The molecule has 1 amide bonds. The second-order valence-corrected chi connectivity index (χ2v) is 6.76. The number of nitrogens with zero attached hydrogens (tertiary/aromatic N) is 3. The second-order valence-electron chi connectivity index (χ2n) is 6.76. The Labute approximate surface area is 174 Å². The molecule has 0 saturated carbocycles. The molecule has 0 aliphatic carbocycles. The molecule has 1 aliphatic heterocycles. The number of carbonyl (C=O) groups is 1. The highest BCUT2D eigenvalue weighted by Gasteiger charge is 2.25. The highest BCUT2D eigenvalue weighted by molar-refractivity contribution is 5.90. The van der Waals surface area contributed by atoms with Crippen LogP contribution in [0, 0.1) is 10.1 Å². The number of hydrazone groups is 1. The first-order valence-corrected chi connectivity index (χ1v) is 9.62. The number of nitro benzene ring substituents is 1. The lowest BCUT2D eigenvalue weighted by Crippen LogP contribution is -2.42. The van der Waals surface area contributed by atoms with Crippen LogP contribution in [0.3, 0.4) is 0 Å². The Kier molecular flexibility index (Phi) is 7.47. The summed E-state index contributed by atoms with van der Waals surface area (Å²) in [6, 6.07) is 15.8. The summed E-state index contributed by atoms with van der Waals surface area (Å²) in [5, 5.41) is 15.3. The van der Waals surface area contributed by atoms with Crippen molar-refractivity contribution in [2.45, 2.75) is 13.0 Å². The lowest BCUT2D eigenvalue weighted by Gasteiger charge is -2.34. The zero-order chi connectivity index (χ0) is 21.3. The average molecular weight is 412 g/mol. The standard InChI is InChI=1S/C21H24N4O5/c1-16(21(17-7-3-2-4-8-17)24-11-13-29-14-12-24)22-23-20(26)15-30-19-10-6-5-9-18(19)25(27)28/h2-10,21H,11-15H2,1H3,(H,23,26)/b22-16-/t21-/m1/s1. The average Bonchev–Trinajstić information content (AvgIpc) is 2.78. The summed E-state index contributed by atoms with van der Waals surface area (Å²) in [5.41, 5.74) is 4.09. The lowest BCUT2D eigenvalue weighted by atomic mass is 10.0. The third-order valence-corrected chi connectivity index (χ3v) is 4.70. The minimum absolute atomic E-state index is 0.0360. The van der Waals surface area contributed by atoms with E-state index in [0.717, 1.165) is 24.4 Å². The van der Waals surface area contributed by atoms with Crippen LogP contribution in [0.4, 0.5) is 5.69 Å². The van der Waals surface area contributed by atoms with Crippen LogP contribution in [0.15, 0.2) is 59.7 Å². The fourth-order valence-electron chi connectivity index (χ4n) is 3.30. The number of nitrogens with one attached hydrogen (secondary N) is 1. The van der Waals surface area contributed by atoms with Crippen LogP contribution in [0.25, 0.3) is 0 Å². The van der Waals surface area contributed by atoms with Gasteiger partial charge in [-0.25, -0.2) is 5.43 Å². The first-order chi connectivity index (χ1) is 14.6. The van der Waals surface area contributed by atoms with E-state index in [4.69, 9.17) is 9.47 Å². The van der Waals surface area contributed by atoms with Crippen LogP contribution in [-0.2, 0) is 9.53 Å². The van der Waals surface area contributed by atoms with Crippen LogP contribution in [0.5, 0.6) is 5.75 Å². The van der Waals surface area contributed by atoms with E-state index in [1.54, 1.807) is 6.07 Å². The van der Waals surface area contributed by atoms with E-state index in [1.165, 1.54) is 18.2 Å². The maximum atomic E-state index is 12.2. The van der Waals surface area contributed by atoms with Crippen LogP contribution >= 0.6 is 0 Å². The van der Waals surface area contributed by atoms with Gasteiger partial charge in [0.05, 0.1) is 29.9 Å². The zero-order valence-electron chi connectivity index (χ0n) is 16.7. The summed E-state index contributed by atoms with van der Waals surface area (Å²) in [4.78, 5) is 24.9. The van der Waals surface area contributed by atoms with Gasteiger partial charge in [0, 0.05) is 19.2 Å². The number of rotatable bonds is 8. The Hall–Kier alpha value is -3.30. The molecule has 0 spiro atoms.